The summed E-state index contributed by atoms with van der Waals surface area (Å²) in [4.78, 5) is 0. The van der Waals surface area contributed by atoms with Crippen molar-refractivity contribution in [2.45, 2.75) is 25.2 Å². The van der Waals surface area contributed by atoms with E-state index in [0.717, 1.165) is 31.4 Å². The van der Waals surface area contributed by atoms with Crippen LogP contribution in [0.3, 0.4) is 0 Å². The summed E-state index contributed by atoms with van der Waals surface area (Å²) in [5.41, 5.74) is 2.87. The summed E-state index contributed by atoms with van der Waals surface area (Å²) in [6.45, 7) is 2.00. The van der Waals surface area contributed by atoms with Crippen LogP contribution in [0.4, 0.5) is 0 Å². The smallest absolute Gasteiger partial charge is 0.126 e. The highest BCUT2D eigenvalue weighted by Crippen LogP contribution is 2.47. The van der Waals surface area contributed by atoms with Crippen LogP contribution in [-0.4, -0.2) is 20.2 Å². The molecule has 0 aromatic heterocycles. The summed E-state index contributed by atoms with van der Waals surface area (Å²) in [5.74, 6) is 2.73. The van der Waals surface area contributed by atoms with Crippen LogP contribution in [0, 0.1) is 5.92 Å². The molecule has 2 atom stereocenters. The fraction of sp³-hybridized carbons (Fsp3) is 0.571. The molecule has 2 heteroatoms. The summed E-state index contributed by atoms with van der Waals surface area (Å²) >= 11 is 0. The van der Waals surface area contributed by atoms with Crippen molar-refractivity contribution in [2.75, 3.05) is 20.2 Å². The number of ether oxygens (including phenoxy) is 1. The molecule has 0 radical (unpaired) electrons. The monoisotopic (exact) mass is 217 g/mol. The number of hydrogen-bond donors (Lipinski definition) is 1. The highest BCUT2D eigenvalue weighted by atomic mass is 16.5. The van der Waals surface area contributed by atoms with Crippen molar-refractivity contribution in [3.8, 4) is 5.75 Å². The summed E-state index contributed by atoms with van der Waals surface area (Å²) in [5, 5.41) is 3.30. The van der Waals surface area contributed by atoms with Crippen LogP contribution in [0.1, 0.15) is 29.9 Å². The summed E-state index contributed by atoms with van der Waals surface area (Å²) < 4.78 is 5.79. The van der Waals surface area contributed by atoms with Crippen LogP contribution in [-0.2, 0) is 6.42 Å². The fourth-order valence-corrected chi connectivity index (χ4v) is 3.02. The van der Waals surface area contributed by atoms with E-state index in [1.54, 1.807) is 0 Å². The van der Waals surface area contributed by atoms with Crippen molar-refractivity contribution in [1.82, 2.24) is 5.32 Å². The molecular formula is C14H19NO. The lowest BCUT2D eigenvalue weighted by Gasteiger charge is -2.37. The summed E-state index contributed by atoms with van der Waals surface area (Å²) in [7, 11) is 2.04. The molecule has 0 bridgehead atoms. The first-order chi connectivity index (χ1) is 7.90. The molecule has 1 fully saturated rings. The first-order valence-electron chi connectivity index (χ1n) is 6.29. The van der Waals surface area contributed by atoms with Gasteiger partial charge >= 0.3 is 0 Å². The van der Waals surface area contributed by atoms with Gasteiger partial charge in [-0.1, -0.05) is 18.2 Å². The van der Waals surface area contributed by atoms with Crippen LogP contribution in [0.2, 0.25) is 0 Å². The normalized spacial score (nSPS) is 27.1. The third-order valence-corrected chi connectivity index (χ3v) is 4.03. The van der Waals surface area contributed by atoms with E-state index >= 15 is 0 Å². The second-order valence-corrected chi connectivity index (χ2v) is 4.94. The molecule has 1 aliphatic heterocycles. The van der Waals surface area contributed by atoms with Gasteiger partial charge < -0.3 is 10.1 Å². The van der Waals surface area contributed by atoms with E-state index in [1.807, 2.05) is 7.05 Å². The topological polar surface area (TPSA) is 21.3 Å². The van der Waals surface area contributed by atoms with Gasteiger partial charge in [0.2, 0.25) is 0 Å². The molecule has 1 aromatic carbocycles. The zero-order chi connectivity index (χ0) is 11.0. The minimum atomic E-state index is 0.723. The van der Waals surface area contributed by atoms with E-state index in [0.29, 0.717) is 0 Å². The standard InChI is InChI=1S/C14H19NO/c1-15-9-11-5-6-12(11)13-4-2-3-10-7-8-16-14(10)13/h2-4,11-12,15H,5-9H2,1H3. The molecule has 1 saturated carbocycles. The Bertz CT molecular complexity index is 388. The molecule has 0 amide bonds. The third kappa shape index (κ3) is 1.52. The average Bonchev–Trinajstić information content (AvgIpc) is 2.73. The molecule has 2 aliphatic rings. The van der Waals surface area contributed by atoms with Crippen molar-refractivity contribution in [2.24, 2.45) is 5.92 Å². The first-order valence-corrected chi connectivity index (χ1v) is 6.29. The number of nitrogens with one attached hydrogen (secondary N) is 1. The highest BCUT2D eigenvalue weighted by Gasteiger charge is 2.34. The highest BCUT2D eigenvalue weighted by molar-refractivity contribution is 5.46. The van der Waals surface area contributed by atoms with Gasteiger partial charge in [0.25, 0.3) is 0 Å². The third-order valence-electron chi connectivity index (χ3n) is 4.03. The molecule has 3 rings (SSSR count). The number of para-hydroxylation sites is 1. The minimum absolute atomic E-state index is 0.723. The van der Waals surface area contributed by atoms with Crippen LogP contribution in [0.5, 0.6) is 5.75 Å². The molecule has 0 spiro atoms. The minimum Gasteiger partial charge on any atom is -0.493 e. The Hall–Kier alpha value is -1.02. The van der Waals surface area contributed by atoms with E-state index in [2.05, 4.69) is 23.5 Å². The van der Waals surface area contributed by atoms with E-state index in [4.69, 9.17) is 4.74 Å². The largest absolute Gasteiger partial charge is 0.493 e. The second-order valence-electron chi connectivity index (χ2n) is 4.94. The maximum absolute atomic E-state index is 5.79. The molecule has 1 heterocycles. The van der Waals surface area contributed by atoms with E-state index in [9.17, 15) is 0 Å². The predicted octanol–water partition coefficient (Wildman–Crippen LogP) is 2.33. The predicted molar refractivity (Wildman–Crippen MR) is 65.0 cm³/mol. The van der Waals surface area contributed by atoms with Gasteiger partial charge in [-0.05, 0) is 49.4 Å². The Balaban J connectivity index is 1.87. The van der Waals surface area contributed by atoms with Crippen molar-refractivity contribution >= 4 is 0 Å². The fourth-order valence-electron chi connectivity index (χ4n) is 3.02. The Morgan fingerprint density at radius 1 is 1.38 bits per heavy atom. The molecule has 1 aliphatic carbocycles. The molecule has 16 heavy (non-hydrogen) atoms. The van der Waals surface area contributed by atoms with Crippen molar-refractivity contribution in [3.63, 3.8) is 0 Å². The maximum Gasteiger partial charge on any atom is 0.126 e. The zero-order valence-electron chi connectivity index (χ0n) is 9.83. The second kappa shape index (κ2) is 4.10. The molecule has 2 nitrogen and oxygen atoms in total. The number of fused-ring (bicyclic) bond motifs is 1. The lowest BCUT2D eigenvalue weighted by molar-refractivity contribution is 0.242. The van der Waals surface area contributed by atoms with Gasteiger partial charge in [-0.25, -0.2) is 0 Å². The molecule has 2 unspecified atom stereocenters. The molecule has 86 valence electrons. The van der Waals surface area contributed by atoms with Gasteiger partial charge in [0.1, 0.15) is 5.75 Å². The van der Waals surface area contributed by atoms with Crippen LogP contribution >= 0.6 is 0 Å². The van der Waals surface area contributed by atoms with Crippen LogP contribution < -0.4 is 10.1 Å². The van der Waals surface area contributed by atoms with Crippen LogP contribution in [0.25, 0.3) is 0 Å². The molecular weight excluding hydrogens is 198 g/mol. The Morgan fingerprint density at radius 3 is 3.06 bits per heavy atom. The van der Waals surface area contributed by atoms with E-state index < -0.39 is 0 Å². The van der Waals surface area contributed by atoms with Crippen molar-refractivity contribution in [1.29, 1.82) is 0 Å². The van der Waals surface area contributed by atoms with E-state index in [-0.39, 0.29) is 0 Å². The van der Waals surface area contributed by atoms with Gasteiger partial charge in [-0.2, -0.15) is 0 Å². The first kappa shape index (κ1) is 10.2. The van der Waals surface area contributed by atoms with Gasteiger partial charge in [-0.3, -0.25) is 0 Å². The molecule has 1 N–H and O–H groups in total. The summed E-state index contributed by atoms with van der Waals surface area (Å²) in [6, 6.07) is 6.66. The average molecular weight is 217 g/mol. The van der Waals surface area contributed by atoms with Gasteiger partial charge in [0.15, 0.2) is 0 Å². The zero-order valence-corrected chi connectivity index (χ0v) is 9.83. The number of benzene rings is 1. The Morgan fingerprint density at radius 2 is 2.31 bits per heavy atom. The molecule has 1 aromatic rings. The maximum atomic E-state index is 5.79. The van der Waals surface area contributed by atoms with E-state index in [1.165, 1.54) is 29.7 Å². The van der Waals surface area contributed by atoms with Crippen LogP contribution in [0.15, 0.2) is 18.2 Å². The number of hydrogen-bond acceptors (Lipinski definition) is 2. The SMILES string of the molecule is CNCC1CCC1c1cccc2c1OCC2. The Labute approximate surface area is 97.0 Å². The van der Waals surface area contributed by atoms with Gasteiger partial charge in [0, 0.05) is 6.42 Å². The lowest BCUT2D eigenvalue weighted by Crippen LogP contribution is -2.32. The van der Waals surface area contributed by atoms with Crippen molar-refractivity contribution in [3.05, 3.63) is 29.3 Å². The Kier molecular flexibility index (Phi) is 2.60. The summed E-state index contributed by atoms with van der Waals surface area (Å²) in [6.07, 6.45) is 3.77. The van der Waals surface area contributed by atoms with Crippen molar-refractivity contribution < 1.29 is 4.74 Å². The number of rotatable bonds is 3. The van der Waals surface area contributed by atoms with Gasteiger partial charge in [0.05, 0.1) is 6.61 Å². The quantitative estimate of drug-likeness (QED) is 0.839. The molecule has 0 saturated heterocycles. The van der Waals surface area contributed by atoms with Gasteiger partial charge in [-0.15, -0.1) is 0 Å². The lowest BCUT2D eigenvalue weighted by atomic mass is 9.69.